The van der Waals surface area contributed by atoms with Crippen LogP contribution in [0.15, 0.2) is 97.2 Å². The first-order valence-electron chi connectivity index (χ1n) is 11.8. The van der Waals surface area contributed by atoms with Crippen LogP contribution in [0.3, 0.4) is 0 Å². The average Bonchev–Trinajstić information content (AvgIpc) is 3.29. The average molecular weight is 467 g/mol. The lowest BCUT2D eigenvalue weighted by Gasteiger charge is -2.21. The van der Waals surface area contributed by atoms with Crippen molar-refractivity contribution in [1.29, 1.82) is 0 Å². The van der Waals surface area contributed by atoms with Gasteiger partial charge in [0.2, 0.25) is 5.91 Å². The van der Waals surface area contributed by atoms with Crippen LogP contribution in [0.1, 0.15) is 35.3 Å². The van der Waals surface area contributed by atoms with Crippen molar-refractivity contribution in [3.05, 3.63) is 114 Å². The van der Waals surface area contributed by atoms with Gasteiger partial charge in [-0.15, -0.1) is 0 Å². The van der Waals surface area contributed by atoms with E-state index in [1.165, 1.54) is 0 Å². The largest absolute Gasteiger partial charge is 0.350 e. The zero-order chi connectivity index (χ0) is 24.6. The van der Waals surface area contributed by atoms with Gasteiger partial charge in [-0.25, -0.2) is 0 Å². The van der Waals surface area contributed by atoms with E-state index in [1.54, 1.807) is 24.3 Å². The maximum absolute atomic E-state index is 13.1. The summed E-state index contributed by atoms with van der Waals surface area (Å²) in [6.45, 7) is 4.78. The highest BCUT2D eigenvalue weighted by molar-refractivity contribution is 5.97. The van der Waals surface area contributed by atoms with Crippen LogP contribution in [0.2, 0.25) is 0 Å². The first kappa shape index (κ1) is 24.0. The first-order valence-corrected chi connectivity index (χ1v) is 11.8. The van der Waals surface area contributed by atoms with Gasteiger partial charge in [-0.05, 0) is 23.6 Å². The molecule has 1 unspecified atom stereocenters. The number of nitrogens with zero attached hydrogens (tertiary/aromatic N) is 2. The molecule has 0 fully saturated rings. The number of rotatable bonds is 9. The monoisotopic (exact) mass is 466 g/mol. The van der Waals surface area contributed by atoms with E-state index in [2.05, 4.69) is 22.8 Å². The molecule has 2 amide bonds. The second-order valence-electron chi connectivity index (χ2n) is 8.83. The zero-order valence-electron chi connectivity index (χ0n) is 20.0. The lowest BCUT2D eigenvalue weighted by Crippen LogP contribution is -2.49. The van der Waals surface area contributed by atoms with Crippen LogP contribution in [0, 0.1) is 5.92 Å². The van der Waals surface area contributed by atoms with Gasteiger partial charge in [0.25, 0.3) is 5.91 Å². The minimum absolute atomic E-state index is 0.0722. The normalized spacial score (nSPS) is 11.7. The predicted molar refractivity (Wildman–Crippen MR) is 138 cm³/mol. The van der Waals surface area contributed by atoms with Crippen LogP contribution in [0.25, 0.3) is 11.3 Å². The number of hydrogen-bond donors (Lipinski definition) is 2. The Labute approximate surface area is 206 Å². The highest BCUT2D eigenvalue weighted by atomic mass is 16.2. The lowest BCUT2D eigenvalue weighted by atomic mass is 10.0. The van der Waals surface area contributed by atoms with Crippen molar-refractivity contribution in [3.63, 3.8) is 0 Å². The number of nitrogens with one attached hydrogen (secondary N) is 2. The van der Waals surface area contributed by atoms with Crippen molar-refractivity contribution in [2.45, 2.75) is 33.0 Å². The highest BCUT2D eigenvalue weighted by Gasteiger charge is 2.25. The summed E-state index contributed by atoms with van der Waals surface area (Å²) in [7, 11) is 0. The third kappa shape index (κ3) is 6.23. The summed E-state index contributed by atoms with van der Waals surface area (Å²) in [5, 5.41) is 10.7. The fourth-order valence-corrected chi connectivity index (χ4v) is 3.92. The van der Waals surface area contributed by atoms with E-state index in [4.69, 9.17) is 5.10 Å². The molecule has 0 saturated carbocycles. The van der Waals surface area contributed by atoms with Crippen LogP contribution < -0.4 is 10.6 Å². The molecule has 0 saturated heterocycles. The fourth-order valence-electron chi connectivity index (χ4n) is 3.92. The lowest BCUT2D eigenvalue weighted by molar-refractivity contribution is -0.124. The van der Waals surface area contributed by atoms with Crippen LogP contribution in [0.4, 0.5) is 0 Å². The van der Waals surface area contributed by atoms with E-state index in [0.717, 1.165) is 22.4 Å². The van der Waals surface area contributed by atoms with Crippen molar-refractivity contribution < 1.29 is 9.59 Å². The standard InChI is InChI=1S/C29H30N4O2/c1-21(2)26(31-28(34)24-16-10-5-11-17-24)29(35)30-18-25-20-33(19-22-12-6-3-7-13-22)32-27(25)23-14-8-4-9-15-23/h3-17,20-21,26H,18-19H2,1-2H3,(H,30,35)(H,31,34). The van der Waals surface area contributed by atoms with Gasteiger partial charge in [0.05, 0.1) is 12.2 Å². The third-order valence-corrected chi connectivity index (χ3v) is 5.80. The Morgan fingerprint density at radius 1 is 0.857 bits per heavy atom. The van der Waals surface area contributed by atoms with Crippen molar-refractivity contribution in [3.8, 4) is 11.3 Å². The smallest absolute Gasteiger partial charge is 0.251 e. The molecule has 6 nitrogen and oxygen atoms in total. The minimum atomic E-state index is -0.651. The van der Waals surface area contributed by atoms with Gasteiger partial charge >= 0.3 is 0 Å². The van der Waals surface area contributed by atoms with Gasteiger partial charge in [0.15, 0.2) is 0 Å². The summed E-state index contributed by atoms with van der Waals surface area (Å²) < 4.78 is 1.90. The molecule has 0 aliphatic heterocycles. The molecule has 35 heavy (non-hydrogen) atoms. The molecule has 6 heteroatoms. The zero-order valence-corrected chi connectivity index (χ0v) is 20.0. The maximum atomic E-state index is 13.1. The molecule has 2 N–H and O–H groups in total. The Balaban J connectivity index is 1.50. The number of amides is 2. The molecule has 1 heterocycles. The summed E-state index contributed by atoms with van der Waals surface area (Å²) in [5.74, 6) is -0.559. The second-order valence-corrected chi connectivity index (χ2v) is 8.83. The Bertz CT molecular complexity index is 1250. The fraction of sp³-hybridized carbons (Fsp3) is 0.207. The topological polar surface area (TPSA) is 76.0 Å². The maximum Gasteiger partial charge on any atom is 0.251 e. The molecule has 0 spiro atoms. The quantitative estimate of drug-likeness (QED) is 0.376. The molecule has 0 bridgehead atoms. The minimum Gasteiger partial charge on any atom is -0.350 e. The van der Waals surface area contributed by atoms with Gasteiger partial charge < -0.3 is 10.6 Å². The molecule has 3 aromatic carbocycles. The Morgan fingerprint density at radius 3 is 2.09 bits per heavy atom. The van der Waals surface area contributed by atoms with E-state index in [9.17, 15) is 9.59 Å². The summed E-state index contributed by atoms with van der Waals surface area (Å²) in [6.07, 6.45) is 1.97. The summed E-state index contributed by atoms with van der Waals surface area (Å²) in [4.78, 5) is 25.8. The van der Waals surface area contributed by atoms with E-state index in [0.29, 0.717) is 18.7 Å². The number of benzene rings is 3. The number of carbonyl (C=O) groups excluding carboxylic acids is 2. The summed E-state index contributed by atoms with van der Waals surface area (Å²) in [5.41, 5.74) is 4.41. The number of carbonyl (C=O) groups is 2. The van der Waals surface area contributed by atoms with Gasteiger partial charge in [0, 0.05) is 29.4 Å². The molecule has 4 rings (SSSR count). The Kier molecular flexibility index (Phi) is 7.73. The van der Waals surface area contributed by atoms with Crippen LogP contribution >= 0.6 is 0 Å². The summed E-state index contributed by atoms with van der Waals surface area (Å²) in [6, 6.07) is 28.3. The third-order valence-electron chi connectivity index (χ3n) is 5.80. The molecule has 178 valence electrons. The molecule has 1 atom stereocenters. The number of aromatic nitrogens is 2. The van der Waals surface area contributed by atoms with E-state index >= 15 is 0 Å². The van der Waals surface area contributed by atoms with E-state index in [-0.39, 0.29) is 17.7 Å². The van der Waals surface area contributed by atoms with E-state index < -0.39 is 6.04 Å². The molecule has 0 aliphatic carbocycles. The van der Waals surface area contributed by atoms with Gasteiger partial charge in [-0.2, -0.15) is 5.10 Å². The second kappa shape index (κ2) is 11.3. The van der Waals surface area contributed by atoms with Gasteiger partial charge in [-0.3, -0.25) is 14.3 Å². The Hall–Kier alpha value is -4.19. The predicted octanol–water partition coefficient (Wildman–Crippen LogP) is 4.67. The first-order chi connectivity index (χ1) is 17.0. The van der Waals surface area contributed by atoms with Crippen LogP contribution in [0.5, 0.6) is 0 Å². The van der Waals surface area contributed by atoms with E-state index in [1.807, 2.05) is 79.3 Å². The van der Waals surface area contributed by atoms with Crippen molar-refractivity contribution in [2.75, 3.05) is 0 Å². The highest BCUT2D eigenvalue weighted by Crippen LogP contribution is 2.22. The number of hydrogen-bond acceptors (Lipinski definition) is 3. The molecular formula is C29H30N4O2. The van der Waals surface area contributed by atoms with Crippen LogP contribution in [-0.4, -0.2) is 27.6 Å². The molecule has 0 aliphatic rings. The molecular weight excluding hydrogens is 436 g/mol. The van der Waals surface area contributed by atoms with Gasteiger partial charge in [-0.1, -0.05) is 92.7 Å². The van der Waals surface area contributed by atoms with Gasteiger partial charge in [0.1, 0.15) is 6.04 Å². The molecule has 1 aromatic heterocycles. The molecule has 0 radical (unpaired) electrons. The van der Waals surface area contributed by atoms with Crippen molar-refractivity contribution >= 4 is 11.8 Å². The van der Waals surface area contributed by atoms with Crippen molar-refractivity contribution in [2.24, 2.45) is 5.92 Å². The molecule has 4 aromatic rings. The summed E-state index contributed by atoms with van der Waals surface area (Å²) >= 11 is 0. The van der Waals surface area contributed by atoms with Crippen molar-refractivity contribution in [1.82, 2.24) is 20.4 Å². The SMILES string of the molecule is CC(C)C(NC(=O)c1ccccc1)C(=O)NCc1cn(Cc2ccccc2)nc1-c1ccccc1. The van der Waals surface area contributed by atoms with Crippen LogP contribution in [-0.2, 0) is 17.9 Å². The Morgan fingerprint density at radius 2 is 1.46 bits per heavy atom.